The molecule has 2 atom stereocenters. The van der Waals surface area contributed by atoms with Crippen LogP contribution < -0.4 is 10.6 Å². The maximum Gasteiger partial charge on any atom is 0.224 e. The van der Waals surface area contributed by atoms with Crippen LogP contribution in [-0.4, -0.2) is 50.1 Å². The summed E-state index contributed by atoms with van der Waals surface area (Å²) in [7, 11) is 0. The third kappa shape index (κ3) is 3.68. The van der Waals surface area contributed by atoms with Crippen molar-refractivity contribution < 1.29 is 4.79 Å². The quantitative estimate of drug-likeness (QED) is 0.748. The molecular formula is C13H25N3O. The van der Waals surface area contributed by atoms with E-state index in [1.54, 1.807) is 0 Å². The van der Waals surface area contributed by atoms with Gasteiger partial charge in [0.2, 0.25) is 5.91 Å². The maximum atomic E-state index is 11.9. The fourth-order valence-electron chi connectivity index (χ4n) is 2.83. The summed E-state index contributed by atoms with van der Waals surface area (Å²) < 4.78 is 0. The van der Waals surface area contributed by atoms with E-state index in [-0.39, 0.29) is 11.8 Å². The molecule has 0 aromatic rings. The first-order valence-corrected chi connectivity index (χ1v) is 7.00. The topological polar surface area (TPSA) is 44.4 Å². The molecule has 2 rings (SSSR count). The number of amides is 1. The van der Waals surface area contributed by atoms with Gasteiger partial charge in [-0.2, -0.15) is 0 Å². The molecule has 2 N–H and O–H groups in total. The predicted molar refractivity (Wildman–Crippen MR) is 68.8 cm³/mol. The molecule has 2 heterocycles. The van der Waals surface area contributed by atoms with Crippen molar-refractivity contribution in [3.8, 4) is 0 Å². The molecule has 2 fully saturated rings. The fraction of sp³-hybridized carbons (Fsp3) is 0.923. The summed E-state index contributed by atoms with van der Waals surface area (Å²) in [4.78, 5) is 14.4. The average molecular weight is 239 g/mol. The lowest BCUT2D eigenvalue weighted by molar-refractivity contribution is -0.125. The molecule has 0 spiro atoms. The number of nitrogens with zero attached hydrogens (tertiary/aromatic N) is 1. The van der Waals surface area contributed by atoms with Crippen molar-refractivity contribution in [1.29, 1.82) is 0 Å². The Morgan fingerprint density at radius 2 is 2.35 bits per heavy atom. The van der Waals surface area contributed by atoms with Gasteiger partial charge in [-0.1, -0.05) is 6.92 Å². The van der Waals surface area contributed by atoms with Crippen LogP contribution in [0.1, 0.15) is 26.2 Å². The van der Waals surface area contributed by atoms with E-state index in [0.717, 1.165) is 45.6 Å². The molecule has 4 heteroatoms. The summed E-state index contributed by atoms with van der Waals surface area (Å²) in [6, 6.07) is 0. The van der Waals surface area contributed by atoms with Crippen molar-refractivity contribution in [1.82, 2.24) is 15.5 Å². The summed E-state index contributed by atoms with van der Waals surface area (Å²) in [6.45, 7) is 8.48. The zero-order valence-electron chi connectivity index (χ0n) is 10.9. The monoisotopic (exact) mass is 239 g/mol. The van der Waals surface area contributed by atoms with Gasteiger partial charge < -0.3 is 15.5 Å². The number of carbonyl (C=O) groups is 1. The highest BCUT2D eigenvalue weighted by Gasteiger charge is 2.24. The standard InChI is InChI=1S/C13H25N3O/c1-2-16-7-5-11(10-16)8-15-13(17)12-4-3-6-14-9-12/h11-12,14H,2-10H2,1H3,(H,15,17). The normalized spacial score (nSPS) is 30.4. The smallest absolute Gasteiger partial charge is 0.224 e. The Morgan fingerprint density at radius 3 is 3.00 bits per heavy atom. The molecule has 1 amide bonds. The molecule has 0 bridgehead atoms. The Hall–Kier alpha value is -0.610. The number of hydrogen-bond acceptors (Lipinski definition) is 3. The first kappa shape index (κ1) is 12.8. The molecule has 2 unspecified atom stereocenters. The molecule has 2 aliphatic heterocycles. The van der Waals surface area contributed by atoms with Crippen LogP contribution in [0, 0.1) is 11.8 Å². The van der Waals surface area contributed by atoms with Crippen molar-refractivity contribution in [2.45, 2.75) is 26.2 Å². The van der Waals surface area contributed by atoms with Crippen LogP contribution in [0.3, 0.4) is 0 Å². The minimum absolute atomic E-state index is 0.201. The van der Waals surface area contributed by atoms with Crippen LogP contribution in [0.5, 0.6) is 0 Å². The Labute approximate surface area is 104 Å². The molecule has 98 valence electrons. The molecule has 17 heavy (non-hydrogen) atoms. The van der Waals surface area contributed by atoms with Crippen LogP contribution in [0.4, 0.5) is 0 Å². The fourth-order valence-corrected chi connectivity index (χ4v) is 2.83. The van der Waals surface area contributed by atoms with Crippen LogP contribution in [0.25, 0.3) is 0 Å². The van der Waals surface area contributed by atoms with Crippen LogP contribution in [0.15, 0.2) is 0 Å². The summed E-state index contributed by atoms with van der Waals surface area (Å²) in [6.07, 6.45) is 3.41. The van der Waals surface area contributed by atoms with E-state index in [1.165, 1.54) is 13.0 Å². The van der Waals surface area contributed by atoms with Gasteiger partial charge in [0.25, 0.3) is 0 Å². The summed E-state index contributed by atoms with van der Waals surface area (Å²) in [5.41, 5.74) is 0. The van der Waals surface area contributed by atoms with E-state index < -0.39 is 0 Å². The van der Waals surface area contributed by atoms with E-state index in [9.17, 15) is 4.79 Å². The number of piperidine rings is 1. The second-order valence-corrected chi connectivity index (χ2v) is 5.34. The van der Waals surface area contributed by atoms with Gasteiger partial charge in [-0.15, -0.1) is 0 Å². The number of nitrogens with one attached hydrogen (secondary N) is 2. The molecule has 2 saturated heterocycles. The van der Waals surface area contributed by atoms with Gasteiger partial charge in [0.1, 0.15) is 0 Å². The SMILES string of the molecule is CCN1CCC(CNC(=O)C2CCCNC2)C1. The van der Waals surface area contributed by atoms with E-state index >= 15 is 0 Å². The Balaban J connectivity index is 1.65. The molecule has 0 aromatic carbocycles. The van der Waals surface area contributed by atoms with Gasteiger partial charge >= 0.3 is 0 Å². The molecule has 0 radical (unpaired) electrons. The van der Waals surface area contributed by atoms with Crippen molar-refractivity contribution in [3.05, 3.63) is 0 Å². The minimum atomic E-state index is 0.201. The largest absolute Gasteiger partial charge is 0.355 e. The Morgan fingerprint density at radius 1 is 1.47 bits per heavy atom. The molecule has 0 aromatic heterocycles. The lowest BCUT2D eigenvalue weighted by Gasteiger charge is -2.22. The highest BCUT2D eigenvalue weighted by atomic mass is 16.1. The van der Waals surface area contributed by atoms with Gasteiger partial charge in [0.05, 0.1) is 5.92 Å². The highest BCUT2D eigenvalue weighted by molar-refractivity contribution is 5.78. The lowest BCUT2D eigenvalue weighted by Crippen LogP contribution is -2.42. The van der Waals surface area contributed by atoms with E-state index in [4.69, 9.17) is 0 Å². The van der Waals surface area contributed by atoms with Crippen LogP contribution in [0.2, 0.25) is 0 Å². The number of hydrogen-bond donors (Lipinski definition) is 2. The first-order valence-electron chi connectivity index (χ1n) is 7.00. The molecule has 4 nitrogen and oxygen atoms in total. The molecule has 0 aliphatic carbocycles. The third-order valence-electron chi connectivity index (χ3n) is 4.05. The average Bonchev–Trinajstić information content (AvgIpc) is 2.85. The van der Waals surface area contributed by atoms with Crippen LogP contribution >= 0.6 is 0 Å². The number of carbonyl (C=O) groups excluding carboxylic acids is 1. The van der Waals surface area contributed by atoms with Crippen molar-refractivity contribution in [3.63, 3.8) is 0 Å². The summed E-state index contributed by atoms with van der Waals surface area (Å²) >= 11 is 0. The van der Waals surface area contributed by atoms with Gasteiger partial charge in [0.15, 0.2) is 0 Å². The van der Waals surface area contributed by atoms with Crippen molar-refractivity contribution in [2.75, 3.05) is 39.3 Å². The van der Waals surface area contributed by atoms with Gasteiger partial charge in [-0.3, -0.25) is 4.79 Å². The van der Waals surface area contributed by atoms with E-state index in [1.807, 2.05) is 0 Å². The second-order valence-electron chi connectivity index (χ2n) is 5.34. The molecule has 2 aliphatic rings. The van der Waals surface area contributed by atoms with Crippen molar-refractivity contribution in [2.24, 2.45) is 11.8 Å². The summed E-state index contributed by atoms with van der Waals surface area (Å²) in [5, 5.41) is 6.42. The highest BCUT2D eigenvalue weighted by Crippen LogP contribution is 2.15. The van der Waals surface area contributed by atoms with E-state index in [0.29, 0.717) is 5.92 Å². The third-order valence-corrected chi connectivity index (χ3v) is 4.05. The zero-order valence-corrected chi connectivity index (χ0v) is 10.9. The lowest BCUT2D eigenvalue weighted by atomic mass is 9.98. The van der Waals surface area contributed by atoms with Crippen LogP contribution in [-0.2, 0) is 4.79 Å². The summed E-state index contributed by atoms with van der Waals surface area (Å²) in [5.74, 6) is 1.12. The minimum Gasteiger partial charge on any atom is -0.355 e. The van der Waals surface area contributed by atoms with Gasteiger partial charge in [0, 0.05) is 19.6 Å². The van der Waals surface area contributed by atoms with E-state index in [2.05, 4.69) is 22.5 Å². The Bertz CT molecular complexity index is 251. The van der Waals surface area contributed by atoms with Gasteiger partial charge in [-0.25, -0.2) is 0 Å². The number of rotatable bonds is 4. The maximum absolute atomic E-state index is 11.9. The predicted octanol–water partition coefficient (Wildman–Crippen LogP) is 0.444. The van der Waals surface area contributed by atoms with Crippen molar-refractivity contribution >= 4 is 5.91 Å². The van der Waals surface area contributed by atoms with Gasteiger partial charge in [-0.05, 0) is 44.8 Å². The molecular weight excluding hydrogens is 214 g/mol. The first-order chi connectivity index (χ1) is 8.29. The zero-order chi connectivity index (χ0) is 12.1. The molecule has 0 saturated carbocycles. The Kier molecular flexibility index (Phi) is 4.80. The second kappa shape index (κ2) is 6.36. The number of likely N-dealkylation sites (tertiary alicyclic amines) is 1.